The van der Waals surface area contributed by atoms with Crippen LogP contribution in [0.25, 0.3) is 0 Å². The van der Waals surface area contributed by atoms with Gasteiger partial charge in [0.2, 0.25) is 5.91 Å². The average Bonchev–Trinajstić information content (AvgIpc) is 2.66. The lowest BCUT2D eigenvalue weighted by Crippen LogP contribution is -2.43. The molecule has 2 rings (SSSR count). The van der Waals surface area contributed by atoms with E-state index in [1.54, 1.807) is 0 Å². The number of nitrogens with zero attached hydrogens (tertiary/aromatic N) is 1. The van der Waals surface area contributed by atoms with Crippen molar-refractivity contribution in [2.45, 2.75) is 71.3 Å². The molecular formula is C16H30N2O. The van der Waals surface area contributed by atoms with Crippen molar-refractivity contribution in [1.82, 2.24) is 10.2 Å². The fraction of sp³-hybridized carbons (Fsp3) is 0.938. The van der Waals surface area contributed by atoms with Crippen molar-refractivity contribution in [3.63, 3.8) is 0 Å². The van der Waals surface area contributed by atoms with Gasteiger partial charge in [0, 0.05) is 19.1 Å². The van der Waals surface area contributed by atoms with Gasteiger partial charge in [-0.15, -0.1) is 0 Å². The van der Waals surface area contributed by atoms with E-state index >= 15 is 0 Å². The third-order valence-corrected chi connectivity index (χ3v) is 4.84. The van der Waals surface area contributed by atoms with Gasteiger partial charge in [-0.05, 0) is 43.9 Å². The van der Waals surface area contributed by atoms with E-state index in [1.807, 2.05) is 0 Å². The van der Waals surface area contributed by atoms with E-state index in [2.05, 4.69) is 24.1 Å². The summed E-state index contributed by atoms with van der Waals surface area (Å²) in [5.74, 6) is 0.312. The molecule has 1 saturated carbocycles. The Labute approximate surface area is 118 Å². The largest absolute Gasteiger partial charge is 0.342 e. The SMILES string of the molecule is CC1(C)CCC(NCC(=O)N2CCCCCC2)CC1. The molecule has 0 aromatic heterocycles. The minimum atomic E-state index is 0.312. The molecule has 0 bridgehead atoms. The topological polar surface area (TPSA) is 32.3 Å². The van der Waals surface area contributed by atoms with Crippen molar-refractivity contribution in [3.8, 4) is 0 Å². The van der Waals surface area contributed by atoms with Gasteiger partial charge in [0.1, 0.15) is 0 Å². The van der Waals surface area contributed by atoms with E-state index < -0.39 is 0 Å². The number of hydrogen-bond donors (Lipinski definition) is 1. The molecule has 1 N–H and O–H groups in total. The summed E-state index contributed by atoms with van der Waals surface area (Å²) in [5, 5.41) is 3.49. The van der Waals surface area contributed by atoms with Gasteiger partial charge in [0.25, 0.3) is 0 Å². The van der Waals surface area contributed by atoms with E-state index in [9.17, 15) is 4.79 Å². The molecule has 1 amide bonds. The first-order valence-corrected chi connectivity index (χ1v) is 8.08. The zero-order valence-electron chi connectivity index (χ0n) is 12.7. The third kappa shape index (κ3) is 4.79. The van der Waals surface area contributed by atoms with Crippen LogP contribution in [0.5, 0.6) is 0 Å². The number of amides is 1. The summed E-state index contributed by atoms with van der Waals surface area (Å²) >= 11 is 0. The molecule has 0 radical (unpaired) electrons. The Hall–Kier alpha value is -0.570. The number of carbonyl (C=O) groups is 1. The van der Waals surface area contributed by atoms with Gasteiger partial charge in [0.05, 0.1) is 6.54 Å². The van der Waals surface area contributed by atoms with Gasteiger partial charge in [-0.1, -0.05) is 26.7 Å². The number of carbonyl (C=O) groups excluding carboxylic acids is 1. The van der Waals surface area contributed by atoms with Crippen LogP contribution in [-0.4, -0.2) is 36.5 Å². The van der Waals surface area contributed by atoms with Crippen molar-refractivity contribution in [2.24, 2.45) is 5.41 Å². The van der Waals surface area contributed by atoms with E-state index in [1.165, 1.54) is 51.4 Å². The first-order chi connectivity index (χ1) is 9.07. The molecule has 1 saturated heterocycles. The number of likely N-dealkylation sites (tertiary alicyclic amines) is 1. The first kappa shape index (κ1) is 14.8. The molecule has 2 aliphatic rings. The Morgan fingerprint density at radius 3 is 2.26 bits per heavy atom. The molecule has 1 aliphatic carbocycles. The molecule has 0 atom stereocenters. The molecule has 2 fully saturated rings. The predicted molar refractivity (Wildman–Crippen MR) is 79.1 cm³/mol. The predicted octanol–water partition coefficient (Wildman–Crippen LogP) is 2.95. The lowest BCUT2D eigenvalue weighted by Gasteiger charge is -2.35. The third-order valence-electron chi connectivity index (χ3n) is 4.84. The molecule has 0 unspecified atom stereocenters. The second kappa shape index (κ2) is 6.74. The fourth-order valence-corrected chi connectivity index (χ4v) is 3.27. The maximum Gasteiger partial charge on any atom is 0.236 e. The van der Waals surface area contributed by atoms with Crippen LogP contribution in [0.4, 0.5) is 0 Å². The van der Waals surface area contributed by atoms with Gasteiger partial charge in [-0.25, -0.2) is 0 Å². The van der Waals surface area contributed by atoms with Gasteiger partial charge in [-0.2, -0.15) is 0 Å². The molecule has 3 heteroatoms. The standard InChI is InChI=1S/C16H30N2O/c1-16(2)9-7-14(8-10-16)17-13-15(19)18-11-5-3-4-6-12-18/h14,17H,3-13H2,1-2H3. The Balaban J connectivity index is 1.68. The van der Waals surface area contributed by atoms with E-state index in [0.29, 0.717) is 23.9 Å². The van der Waals surface area contributed by atoms with Crippen LogP contribution < -0.4 is 5.32 Å². The quantitative estimate of drug-likeness (QED) is 0.852. The Kier molecular flexibility index (Phi) is 5.26. The van der Waals surface area contributed by atoms with Crippen LogP contribution in [0.15, 0.2) is 0 Å². The summed E-state index contributed by atoms with van der Waals surface area (Å²) in [6, 6.07) is 0.559. The molecule has 19 heavy (non-hydrogen) atoms. The lowest BCUT2D eigenvalue weighted by molar-refractivity contribution is -0.130. The summed E-state index contributed by atoms with van der Waals surface area (Å²) in [6.45, 7) is 7.19. The monoisotopic (exact) mass is 266 g/mol. The highest BCUT2D eigenvalue weighted by atomic mass is 16.2. The van der Waals surface area contributed by atoms with Crippen LogP contribution >= 0.6 is 0 Å². The molecule has 1 aliphatic heterocycles. The van der Waals surface area contributed by atoms with Gasteiger partial charge in [0.15, 0.2) is 0 Å². The van der Waals surface area contributed by atoms with Gasteiger partial charge in [-0.3, -0.25) is 4.79 Å². The maximum absolute atomic E-state index is 12.2. The van der Waals surface area contributed by atoms with Crippen LogP contribution in [0.3, 0.4) is 0 Å². The summed E-state index contributed by atoms with van der Waals surface area (Å²) in [5.41, 5.74) is 0.507. The average molecular weight is 266 g/mol. The smallest absolute Gasteiger partial charge is 0.236 e. The molecule has 110 valence electrons. The van der Waals surface area contributed by atoms with Crippen LogP contribution in [0, 0.1) is 5.41 Å². The van der Waals surface area contributed by atoms with Crippen LogP contribution in [0.2, 0.25) is 0 Å². The van der Waals surface area contributed by atoms with Crippen molar-refractivity contribution >= 4 is 5.91 Å². The minimum absolute atomic E-state index is 0.312. The molecule has 0 spiro atoms. The molecule has 0 aromatic carbocycles. The lowest BCUT2D eigenvalue weighted by atomic mass is 9.75. The van der Waals surface area contributed by atoms with Crippen molar-refractivity contribution < 1.29 is 4.79 Å². The van der Waals surface area contributed by atoms with E-state index in [0.717, 1.165) is 13.1 Å². The Morgan fingerprint density at radius 2 is 1.68 bits per heavy atom. The zero-order valence-corrected chi connectivity index (χ0v) is 12.7. The Morgan fingerprint density at radius 1 is 1.11 bits per heavy atom. The molecular weight excluding hydrogens is 236 g/mol. The first-order valence-electron chi connectivity index (χ1n) is 8.08. The van der Waals surface area contributed by atoms with Crippen molar-refractivity contribution in [2.75, 3.05) is 19.6 Å². The summed E-state index contributed by atoms with van der Waals surface area (Å²) in [7, 11) is 0. The minimum Gasteiger partial charge on any atom is -0.342 e. The molecule has 0 aromatic rings. The number of rotatable bonds is 3. The fourth-order valence-electron chi connectivity index (χ4n) is 3.27. The van der Waals surface area contributed by atoms with Crippen molar-refractivity contribution in [1.29, 1.82) is 0 Å². The highest BCUT2D eigenvalue weighted by molar-refractivity contribution is 5.78. The highest BCUT2D eigenvalue weighted by Gasteiger charge is 2.27. The second-order valence-electron chi connectivity index (χ2n) is 7.11. The molecule has 1 heterocycles. The maximum atomic E-state index is 12.2. The zero-order chi connectivity index (χ0) is 13.7. The summed E-state index contributed by atoms with van der Waals surface area (Å²) in [6.07, 6.45) is 9.95. The van der Waals surface area contributed by atoms with Crippen molar-refractivity contribution in [3.05, 3.63) is 0 Å². The second-order valence-corrected chi connectivity index (χ2v) is 7.11. The summed E-state index contributed by atoms with van der Waals surface area (Å²) in [4.78, 5) is 14.2. The van der Waals surface area contributed by atoms with E-state index in [4.69, 9.17) is 0 Å². The van der Waals surface area contributed by atoms with Crippen LogP contribution in [-0.2, 0) is 4.79 Å². The number of nitrogens with one attached hydrogen (secondary N) is 1. The highest BCUT2D eigenvalue weighted by Crippen LogP contribution is 2.34. The summed E-state index contributed by atoms with van der Waals surface area (Å²) < 4.78 is 0. The Bertz CT molecular complexity index is 283. The van der Waals surface area contributed by atoms with Crippen LogP contribution in [0.1, 0.15) is 65.2 Å². The molecule has 3 nitrogen and oxygen atoms in total. The number of hydrogen-bond acceptors (Lipinski definition) is 2. The van der Waals surface area contributed by atoms with E-state index in [-0.39, 0.29) is 0 Å². The van der Waals surface area contributed by atoms with Gasteiger partial charge >= 0.3 is 0 Å². The normalized spacial score (nSPS) is 25.1. The van der Waals surface area contributed by atoms with Gasteiger partial charge < -0.3 is 10.2 Å².